The Hall–Kier alpha value is -0.120. The van der Waals surface area contributed by atoms with Gasteiger partial charge in [0.2, 0.25) is 0 Å². The van der Waals surface area contributed by atoms with Crippen LogP contribution in [0.1, 0.15) is 13.8 Å². The zero-order valence-corrected chi connectivity index (χ0v) is 6.89. The van der Waals surface area contributed by atoms with Crippen LogP contribution in [0.5, 0.6) is 0 Å². The van der Waals surface area contributed by atoms with E-state index in [0.29, 0.717) is 19.8 Å². The highest BCUT2D eigenvalue weighted by molar-refractivity contribution is 4.69. The van der Waals surface area contributed by atoms with Gasteiger partial charge in [-0.3, -0.25) is 0 Å². The van der Waals surface area contributed by atoms with Crippen molar-refractivity contribution < 1.29 is 14.6 Å². The lowest BCUT2D eigenvalue weighted by atomic mass is 10.1. The summed E-state index contributed by atoms with van der Waals surface area (Å²) in [7, 11) is 1.56. The van der Waals surface area contributed by atoms with Crippen molar-refractivity contribution in [1.29, 1.82) is 0 Å². The average molecular weight is 148 g/mol. The maximum absolute atomic E-state index is 9.40. The van der Waals surface area contributed by atoms with Gasteiger partial charge in [-0.25, -0.2) is 0 Å². The lowest BCUT2D eigenvalue weighted by Gasteiger charge is -2.21. The number of ether oxygens (including phenoxy) is 2. The van der Waals surface area contributed by atoms with Gasteiger partial charge in [0.25, 0.3) is 0 Å². The Morgan fingerprint density at radius 3 is 2.40 bits per heavy atom. The summed E-state index contributed by atoms with van der Waals surface area (Å²) in [5.74, 6) is 0. The number of hydrogen-bond donors (Lipinski definition) is 1. The Morgan fingerprint density at radius 1 is 1.40 bits per heavy atom. The van der Waals surface area contributed by atoms with Gasteiger partial charge in [-0.2, -0.15) is 0 Å². The highest BCUT2D eigenvalue weighted by atomic mass is 16.5. The van der Waals surface area contributed by atoms with Crippen LogP contribution in [0.4, 0.5) is 0 Å². The van der Waals surface area contributed by atoms with E-state index in [9.17, 15) is 5.11 Å². The highest BCUT2D eigenvalue weighted by Gasteiger charge is 2.19. The summed E-state index contributed by atoms with van der Waals surface area (Å²) in [6, 6.07) is 0. The fourth-order valence-corrected chi connectivity index (χ4v) is 0.675. The number of aliphatic hydroxyl groups is 1. The molecule has 0 aromatic rings. The van der Waals surface area contributed by atoms with E-state index in [1.807, 2.05) is 6.92 Å². The molecule has 0 aliphatic heterocycles. The molecule has 3 nitrogen and oxygen atoms in total. The summed E-state index contributed by atoms with van der Waals surface area (Å²) in [5.41, 5.74) is -0.843. The van der Waals surface area contributed by atoms with Gasteiger partial charge < -0.3 is 14.6 Å². The third-order valence-electron chi connectivity index (χ3n) is 1.07. The first kappa shape index (κ1) is 9.88. The van der Waals surface area contributed by atoms with Gasteiger partial charge in [0.15, 0.2) is 0 Å². The van der Waals surface area contributed by atoms with Gasteiger partial charge in [-0.05, 0) is 13.8 Å². The van der Waals surface area contributed by atoms with Crippen LogP contribution in [-0.4, -0.2) is 37.6 Å². The zero-order valence-electron chi connectivity index (χ0n) is 6.89. The summed E-state index contributed by atoms with van der Waals surface area (Å²) >= 11 is 0. The third-order valence-corrected chi connectivity index (χ3v) is 1.07. The number of hydrogen-bond acceptors (Lipinski definition) is 3. The fraction of sp³-hybridized carbons (Fsp3) is 1.00. The first-order chi connectivity index (χ1) is 4.62. The number of methoxy groups -OCH3 is 1. The molecule has 0 amide bonds. The molecule has 1 N–H and O–H groups in total. The van der Waals surface area contributed by atoms with Crippen molar-refractivity contribution in [3.63, 3.8) is 0 Å². The molecule has 0 heterocycles. The SMILES string of the molecule is CCOCC(C)(O)COC. The normalized spacial score (nSPS) is 16.8. The molecule has 0 aliphatic rings. The molecule has 0 radical (unpaired) electrons. The molecule has 0 aliphatic carbocycles. The van der Waals surface area contributed by atoms with Crippen molar-refractivity contribution in [3.8, 4) is 0 Å². The van der Waals surface area contributed by atoms with E-state index >= 15 is 0 Å². The van der Waals surface area contributed by atoms with Gasteiger partial charge >= 0.3 is 0 Å². The van der Waals surface area contributed by atoms with E-state index in [1.54, 1.807) is 14.0 Å². The lowest BCUT2D eigenvalue weighted by molar-refractivity contribution is -0.0727. The molecular formula is C7H16O3. The first-order valence-electron chi connectivity index (χ1n) is 3.41. The smallest absolute Gasteiger partial charge is 0.108 e. The fourth-order valence-electron chi connectivity index (χ4n) is 0.675. The number of rotatable bonds is 5. The molecule has 1 unspecified atom stereocenters. The Morgan fingerprint density at radius 2 is 2.00 bits per heavy atom. The van der Waals surface area contributed by atoms with Crippen LogP contribution in [0.3, 0.4) is 0 Å². The summed E-state index contributed by atoms with van der Waals surface area (Å²) in [5, 5.41) is 9.40. The molecule has 62 valence electrons. The Labute approximate surface area is 62.0 Å². The summed E-state index contributed by atoms with van der Waals surface area (Å²) in [6.07, 6.45) is 0. The molecule has 0 aromatic heterocycles. The third kappa shape index (κ3) is 4.73. The van der Waals surface area contributed by atoms with Crippen LogP contribution in [0.2, 0.25) is 0 Å². The molecule has 1 atom stereocenters. The van der Waals surface area contributed by atoms with Crippen LogP contribution < -0.4 is 0 Å². The van der Waals surface area contributed by atoms with E-state index < -0.39 is 5.60 Å². The molecule has 0 aromatic carbocycles. The van der Waals surface area contributed by atoms with Gasteiger partial charge in [0.05, 0.1) is 13.2 Å². The lowest BCUT2D eigenvalue weighted by Crippen LogP contribution is -2.35. The van der Waals surface area contributed by atoms with Crippen molar-refractivity contribution in [1.82, 2.24) is 0 Å². The van der Waals surface area contributed by atoms with Crippen LogP contribution in [0.25, 0.3) is 0 Å². The Kier molecular flexibility index (Phi) is 4.60. The predicted molar refractivity (Wildman–Crippen MR) is 39.0 cm³/mol. The topological polar surface area (TPSA) is 38.7 Å². The molecule has 0 fully saturated rings. The van der Waals surface area contributed by atoms with Gasteiger partial charge in [-0.1, -0.05) is 0 Å². The monoisotopic (exact) mass is 148 g/mol. The van der Waals surface area contributed by atoms with Gasteiger partial charge in [-0.15, -0.1) is 0 Å². The summed E-state index contributed by atoms with van der Waals surface area (Å²) in [6.45, 7) is 4.85. The minimum Gasteiger partial charge on any atom is -0.385 e. The zero-order chi connectivity index (χ0) is 8.04. The quantitative estimate of drug-likeness (QED) is 0.614. The second-order valence-electron chi connectivity index (χ2n) is 2.57. The standard InChI is InChI=1S/C7H16O3/c1-4-10-6-7(2,8)5-9-3/h8H,4-6H2,1-3H3. The predicted octanol–water partition coefficient (Wildman–Crippen LogP) is 0.420. The molecule has 10 heavy (non-hydrogen) atoms. The van der Waals surface area contributed by atoms with E-state index in [0.717, 1.165) is 0 Å². The minimum atomic E-state index is -0.843. The largest absolute Gasteiger partial charge is 0.385 e. The Bertz CT molecular complexity index is 80.9. The van der Waals surface area contributed by atoms with Gasteiger partial charge in [0, 0.05) is 13.7 Å². The van der Waals surface area contributed by atoms with Crippen molar-refractivity contribution in [2.45, 2.75) is 19.4 Å². The second kappa shape index (κ2) is 4.66. The van der Waals surface area contributed by atoms with E-state index in [-0.39, 0.29) is 0 Å². The molecule has 3 heteroatoms. The minimum absolute atomic E-state index is 0.312. The summed E-state index contributed by atoms with van der Waals surface area (Å²) in [4.78, 5) is 0. The van der Waals surface area contributed by atoms with E-state index in [1.165, 1.54) is 0 Å². The molecule has 0 rings (SSSR count). The average Bonchev–Trinajstić information content (AvgIpc) is 1.84. The van der Waals surface area contributed by atoms with Crippen LogP contribution in [-0.2, 0) is 9.47 Å². The molecule has 0 saturated heterocycles. The van der Waals surface area contributed by atoms with E-state index in [2.05, 4.69) is 0 Å². The second-order valence-corrected chi connectivity index (χ2v) is 2.57. The van der Waals surface area contributed by atoms with Crippen molar-refractivity contribution in [2.75, 3.05) is 26.9 Å². The summed E-state index contributed by atoms with van der Waals surface area (Å²) < 4.78 is 9.79. The van der Waals surface area contributed by atoms with Crippen LogP contribution >= 0.6 is 0 Å². The van der Waals surface area contributed by atoms with Crippen molar-refractivity contribution in [2.24, 2.45) is 0 Å². The highest BCUT2D eigenvalue weighted by Crippen LogP contribution is 2.03. The van der Waals surface area contributed by atoms with Gasteiger partial charge in [0.1, 0.15) is 5.60 Å². The Balaban J connectivity index is 3.42. The molecule has 0 spiro atoms. The molecular weight excluding hydrogens is 132 g/mol. The van der Waals surface area contributed by atoms with Crippen LogP contribution in [0, 0.1) is 0 Å². The maximum Gasteiger partial charge on any atom is 0.108 e. The van der Waals surface area contributed by atoms with Crippen molar-refractivity contribution in [3.05, 3.63) is 0 Å². The molecule has 0 saturated carbocycles. The van der Waals surface area contributed by atoms with Crippen molar-refractivity contribution >= 4 is 0 Å². The first-order valence-corrected chi connectivity index (χ1v) is 3.41. The molecule has 0 bridgehead atoms. The van der Waals surface area contributed by atoms with Crippen LogP contribution in [0.15, 0.2) is 0 Å². The maximum atomic E-state index is 9.40. The van der Waals surface area contributed by atoms with E-state index in [4.69, 9.17) is 9.47 Å².